The van der Waals surface area contributed by atoms with Crippen LogP contribution in [0, 0.1) is 5.82 Å². The van der Waals surface area contributed by atoms with Crippen LogP contribution in [0.25, 0.3) is 0 Å². The number of pyridine rings is 1. The van der Waals surface area contributed by atoms with Gasteiger partial charge in [0.25, 0.3) is 5.91 Å². The average molecular weight is 370 g/mol. The molecule has 1 fully saturated rings. The molecule has 1 saturated heterocycles. The average Bonchev–Trinajstić information content (AvgIpc) is 2.72. The Bertz CT molecular complexity index is 757. The normalized spacial score (nSPS) is 14.3. The Balaban J connectivity index is 1.63. The largest absolute Gasteiger partial charge is 0.368 e. The van der Waals surface area contributed by atoms with E-state index in [1.54, 1.807) is 17.2 Å². The molecular weight excluding hydrogens is 343 g/mol. The quantitative estimate of drug-likeness (QED) is 0.781. The number of carbonyl (C=O) groups is 1. The third kappa shape index (κ3) is 4.76. The summed E-state index contributed by atoms with van der Waals surface area (Å²) in [5.41, 5.74) is 1.71. The Morgan fingerprint density at radius 1 is 1.11 bits per heavy atom. The molecule has 5 nitrogen and oxygen atoms in total. The van der Waals surface area contributed by atoms with Gasteiger partial charge >= 0.3 is 0 Å². The van der Waals surface area contributed by atoms with E-state index in [1.807, 2.05) is 25.2 Å². The number of amides is 1. The Kier molecular flexibility index (Phi) is 6.27. The second-order valence-electron chi connectivity index (χ2n) is 6.93. The summed E-state index contributed by atoms with van der Waals surface area (Å²) in [4.78, 5) is 23.3. The van der Waals surface area contributed by atoms with Gasteiger partial charge in [-0.1, -0.05) is 13.3 Å². The number of piperazine rings is 1. The van der Waals surface area contributed by atoms with E-state index in [9.17, 15) is 9.18 Å². The molecular formula is C21H27FN4O. The van der Waals surface area contributed by atoms with Crippen molar-refractivity contribution in [3.63, 3.8) is 0 Å². The Labute approximate surface area is 160 Å². The Morgan fingerprint density at radius 2 is 1.78 bits per heavy atom. The van der Waals surface area contributed by atoms with Crippen LogP contribution in [-0.4, -0.2) is 55.6 Å². The first-order chi connectivity index (χ1) is 13.1. The van der Waals surface area contributed by atoms with Crippen molar-refractivity contribution in [2.24, 2.45) is 0 Å². The molecule has 1 aliphatic heterocycles. The number of unbranched alkanes of at least 4 members (excludes halogenated alkanes) is 1. The second-order valence-corrected chi connectivity index (χ2v) is 6.93. The number of hydrogen-bond donors (Lipinski definition) is 0. The van der Waals surface area contributed by atoms with Crippen LogP contribution in [0.4, 0.5) is 15.9 Å². The van der Waals surface area contributed by atoms with Gasteiger partial charge in [0.15, 0.2) is 0 Å². The molecule has 0 bridgehead atoms. The molecule has 144 valence electrons. The minimum absolute atomic E-state index is 0.0389. The number of nitrogens with zero attached hydrogens (tertiary/aromatic N) is 4. The zero-order valence-corrected chi connectivity index (χ0v) is 16.1. The van der Waals surface area contributed by atoms with Gasteiger partial charge in [0.2, 0.25) is 0 Å². The lowest BCUT2D eigenvalue weighted by Gasteiger charge is -2.36. The highest BCUT2D eigenvalue weighted by Gasteiger charge is 2.20. The lowest BCUT2D eigenvalue weighted by Crippen LogP contribution is -2.46. The molecule has 1 amide bonds. The number of benzene rings is 1. The van der Waals surface area contributed by atoms with Crippen LogP contribution in [0.2, 0.25) is 0 Å². The van der Waals surface area contributed by atoms with E-state index in [1.165, 1.54) is 12.1 Å². The first kappa shape index (κ1) is 19.1. The molecule has 2 aromatic rings. The third-order valence-electron chi connectivity index (χ3n) is 4.98. The summed E-state index contributed by atoms with van der Waals surface area (Å²) in [6.45, 7) is 6.18. The number of carbonyl (C=O) groups excluding carboxylic acids is 1. The molecule has 2 heterocycles. The van der Waals surface area contributed by atoms with Crippen molar-refractivity contribution < 1.29 is 9.18 Å². The summed E-state index contributed by atoms with van der Waals surface area (Å²) < 4.78 is 13.1. The summed E-state index contributed by atoms with van der Waals surface area (Å²) >= 11 is 0. The Hall–Kier alpha value is -2.63. The summed E-state index contributed by atoms with van der Waals surface area (Å²) in [5, 5.41) is 0. The maximum absolute atomic E-state index is 13.1. The molecule has 0 spiro atoms. The molecule has 0 saturated carbocycles. The highest BCUT2D eigenvalue weighted by Crippen LogP contribution is 2.20. The number of aromatic nitrogens is 1. The first-order valence-electron chi connectivity index (χ1n) is 9.55. The minimum atomic E-state index is -0.216. The van der Waals surface area contributed by atoms with E-state index in [4.69, 9.17) is 0 Å². The Morgan fingerprint density at radius 3 is 2.44 bits per heavy atom. The lowest BCUT2D eigenvalue weighted by molar-refractivity contribution is 0.0793. The van der Waals surface area contributed by atoms with Gasteiger partial charge in [0.05, 0.1) is 0 Å². The van der Waals surface area contributed by atoms with Crippen molar-refractivity contribution >= 4 is 17.4 Å². The van der Waals surface area contributed by atoms with Crippen LogP contribution >= 0.6 is 0 Å². The van der Waals surface area contributed by atoms with Crippen LogP contribution in [0.1, 0.15) is 30.1 Å². The van der Waals surface area contributed by atoms with E-state index >= 15 is 0 Å². The maximum atomic E-state index is 13.1. The zero-order valence-electron chi connectivity index (χ0n) is 16.1. The van der Waals surface area contributed by atoms with Gasteiger partial charge in [-0.3, -0.25) is 4.79 Å². The van der Waals surface area contributed by atoms with Gasteiger partial charge in [0.1, 0.15) is 11.6 Å². The number of rotatable bonds is 6. The van der Waals surface area contributed by atoms with Crippen molar-refractivity contribution in [3.8, 4) is 0 Å². The first-order valence-corrected chi connectivity index (χ1v) is 9.55. The third-order valence-corrected chi connectivity index (χ3v) is 4.98. The highest BCUT2D eigenvalue weighted by atomic mass is 19.1. The molecule has 0 radical (unpaired) electrons. The number of anilines is 2. The van der Waals surface area contributed by atoms with Crippen LogP contribution in [-0.2, 0) is 0 Å². The molecule has 1 aromatic heterocycles. The molecule has 1 aromatic carbocycles. The molecule has 0 atom stereocenters. The van der Waals surface area contributed by atoms with Crippen LogP contribution < -0.4 is 9.80 Å². The van der Waals surface area contributed by atoms with Crippen molar-refractivity contribution in [1.82, 2.24) is 9.88 Å². The van der Waals surface area contributed by atoms with Gasteiger partial charge in [-0.25, -0.2) is 9.37 Å². The predicted molar refractivity (Wildman–Crippen MR) is 107 cm³/mol. The summed E-state index contributed by atoms with van der Waals surface area (Å²) in [6.07, 6.45) is 3.78. The number of halogens is 1. The van der Waals surface area contributed by atoms with E-state index in [2.05, 4.69) is 21.7 Å². The van der Waals surface area contributed by atoms with Crippen molar-refractivity contribution in [1.29, 1.82) is 0 Å². The van der Waals surface area contributed by atoms with E-state index in [-0.39, 0.29) is 11.7 Å². The van der Waals surface area contributed by atoms with Crippen LogP contribution in [0.15, 0.2) is 42.6 Å². The molecule has 0 aliphatic carbocycles. The maximum Gasteiger partial charge on any atom is 0.253 e. The zero-order chi connectivity index (χ0) is 19.2. The molecule has 27 heavy (non-hydrogen) atoms. The van der Waals surface area contributed by atoms with Crippen LogP contribution in [0.5, 0.6) is 0 Å². The SMILES string of the molecule is CCCCN(C)C(=O)c1ccnc(N2CCN(c3ccc(F)cc3)CC2)c1. The van der Waals surface area contributed by atoms with Gasteiger partial charge in [-0.15, -0.1) is 0 Å². The smallest absolute Gasteiger partial charge is 0.253 e. The molecule has 0 unspecified atom stereocenters. The minimum Gasteiger partial charge on any atom is -0.368 e. The van der Waals surface area contributed by atoms with Gasteiger partial charge in [-0.05, 0) is 42.8 Å². The second kappa shape index (κ2) is 8.84. The molecule has 1 aliphatic rings. The summed E-state index contributed by atoms with van der Waals surface area (Å²) in [6, 6.07) is 10.3. The van der Waals surface area contributed by atoms with Gasteiger partial charge < -0.3 is 14.7 Å². The van der Waals surface area contributed by atoms with Crippen LogP contribution in [0.3, 0.4) is 0 Å². The van der Waals surface area contributed by atoms with E-state index < -0.39 is 0 Å². The molecule has 6 heteroatoms. The van der Waals surface area contributed by atoms with Gasteiger partial charge in [0, 0.05) is 57.2 Å². The van der Waals surface area contributed by atoms with Crippen molar-refractivity contribution in [2.45, 2.75) is 19.8 Å². The fourth-order valence-electron chi connectivity index (χ4n) is 3.29. The predicted octanol–water partition coefficient (Wildman–Crippen LogP) is 3.42. The summed E-state index contributed by atoms with van der Waals surface area (Å²) in [5.74, 6) is 0.660. The number of hydrogen-bond acceptors (Lipinski definition) is 4. The van der Waals surface area contributed by atoms with E-state index in [0.29, 0.717) is 5.56 Å². The van der Waals surface area contributed by atoms with Gasteiger partial charge in [-0.2, -0.15) is 0 Å². The molecule has 3 rings (SSSR count). The summed E-state index contributed by atoms with van der Waals surface area (Å²) in [7, 11) is 1.85. The van der Waals surface area contributed by atoms with E-state index in [0.717, 1.165) is 57.1 Å². The monoisotopic (exact) mass is 370 g/mol. The fourth-order valence-corrected chi connectivity index (χ4v) is 3.29. The topological polar surface area (TPSA) is 39.7 Å². The molecule has 0 N–H and O–H groups in total. The lowest BCUT2D eigenvalue weighted by atomic mass is 10.2. The van der Waals surface area contributed by atoms with Crippen molar-refractivity contribution in [2.75, 3.05) is 49.6 Å². The standard InChI is InChI=1S/C21H27FN4O/c1-3-4-11-24(2)21(27)17-9-10-23-20(16-17)26-14-12-25(13-15-26)19-7-5-18(22)6-8-19/h5-10,16H,3-4,11-15H2,1-2H3. The fraction of sp³-hybridized carbons (Fsp3) is 0.429. The van der Waals surface area contributed by atoms with Crippen molar-refractivity contribution in [3.05, 3.63) is 54.0 Å². The highest BCUT2D eigenvalue weighted by molar-refractivity contribution is 5.94.